The van der Waals surface area contributed by atoms with Crippen LogP contribution in [0.3, 0.4) is 0 Å². The minimum atomic E-state index is -1.13. The second-order valence-corrected chi connectivity index (χ2v) is 6.85. The number of hydrogen-bond donors (Lipinski definition) is 2. The lowest BCUT2D eigenvalue weighted by molar-refractivity contribution is -0.146. The molecule has 1 aromatic rings. The number of ether oxygens (including phenoxy) is 2. The van der Waals surface area contributed by atoms with E-state index in [2.05, 4.69) is 15.6 Å². The maximum Gasteiger partial charge on any atom is 0.328 e. The predicted molar refractivity (Wildman–Crippen MR) is 119 cm³/mol. The topological polar surface area (TPSA) is 124 Å². The Bertz CT molecular complexity index is 770. The van der Waals surface area contributed by atoms with E-state index in [1.165, 1.54) is 6.20 Å². The van der Waals surface area contributed by atoms with Gasteiger partial charge in [0, 0.05) is 24.9 Å². The lowest BCUT2D eigenvalue weighted by atomic mass is 10.1. The minimum Gasteiger partial charge on any atom is -0.466 e. The molecule has 0 aliphatic carbocycles. The summed E-state index contributed by atoms with van der Waals surface area (Å²) in [4.78, 5) is 49.0. The molecule has 32 heavy (non-hydrogen) atoms. The summed E-state index contributed by atoms with van der Waals surface area (Å²) in [6.07, 6.45) is 1.14. The number of hydrogen-bond acceptors (Lipinski definition) is 8. The largest absolute Gasteiger partial charge is 0.466 e. The van der Waals surface area contributed by atoms with Crippen molar-refractivity contribution in [3.8, 4) is 0 Å². The second-order valence-electron chi connectivity index (χ2n) is 5.78. The number of anilines is 1. The average molecular weight is 517 g/mol. The second kappa shape index (κ2) is 17.4. The molecule has 0 radical (unpaired) electrons. The van der Waals surface area contributed by atoms with Crippen LogP contribution in [-0.2, 0) is 23.9 Å². The minimum absolute atomic E-state index is 0.0413. The monoisotopic (exact) mass is 515 g/mol. The third-order valence-corrected chi connectivity index (χ3v) is 4.11. The van der Waals surface area contributed by atoms with Gasteiger partial charge in [-0.25, -0.2) is 14.2 Å². The van der Waals surface area contributed by atoms with Crippen molar-refractivity contribution in [3.05, 3.63) is 23.8 Å². The summed E-state index contributed by atoms with van der Waals surface area (Å²) in [5.41, 5.74) is -0.106. The number of halogens is 4. The number of carbonyl (C=O) groups excluding carboxylic acids is 4. The van der Waals surface area contributed by atoms with Gasteiger partial charge in [0.05, 0.1) is 31.0 Å². The Morgan fingerprint density at radius 2 is 1.78 bits per heavy atom. The third kappa shape index (κ3) is 12.6. The van der Waals surface area contributed by atoms with Crippen LogP contribution in [0.5, 0.6) is 0 Å². The molecule has 1 unspecified atom stereocenters. The summed E-state index contributed by atoms with van der Waals surface area (Å²) in [6, 6.07) is -0.0241. The molecule has 1 heterocycles. The van der Waals surface area contributed by atoms with E-state index in [-0.39, 0.29) is 31.9 Å². The number of esters is 2. The zero-order chi connectivity index (χ0) is 24.5. The van der Waals surface area contributed by atoms with Crippen LogP contribution in [0.4, 0.5) is 10.1 Å². The van der Waals surface area contributed by atoms with Gasteiger partial charge in [-0.2, -0.15) is 0 Å². The van der Waals surface area contributed by atoms with Crippen molar-refractivity contribution in [1.82, 2.24) is 10.3 Å². The quantitative estimate of drug-likeness (QED) is 0.247. The van der Waals surface area contributed by atoms with Crippen molar-refractivity contribution in [3.63, 3.8) is 0 Å². The summed E-state index contributed by atoms with van der Waals surface area (Å²) < 4.78 is 23.8. The fourth-order valence-electron chi connectivity index (χ4n) is 2.11. The molecule has 9 nitrogen and oxygen atoms in total. The summed E-state index contributed by atoms with van der Waals surface area (Å²) in [5, 5.41) is 4.68. The van der Waals surface area contributed by atoms with Crippen LogP contribution in [0.25, 0.3) is 0 Å². The van der Waals surface area contributed by atoms with E-state index in [0.29, 0.717) is 18.1 Å². The van der Waals surface area contributed by atoms with Gasteiger partial charge in [-0.1, -0.05) is 0 Å². The zero-order valence-corrected chi connectivity index (χ0v) is 19.9. The van der Waals surface area contributed by atoms with E-state index in [9.17, 15) is 23.6 Å². The van der Waals surface area contributed by atoms with Crippen molar-refractivity contribution < 1.29 is 33.0 Å². The van der Waals surface area contributed by atoms with Crippen LogP contribution in [-0.4, -0.2) is 65.6 Å². The maximum absolute atomic E-state index is 14.2. The Hall–Kier alpha value is -2.17. The molecule has 0 aromatic carbocycles. The lowest BCUT2D eigenvalue weighted by Gasteiger charge is -2.17. The van der Waals surface area contributed by atoms with Gasteiger partial charge in [-0.15, -0.1) is 23.2 Å². The van der Waals surface area contributed by atoms with E-state index in [0.717, 1.165) is 6.07 Å². The molecular formula is C19H25Cl3FN3O6. The molecule has 0 bridgehead atoms. The summed E-state index contributed by atoms with van der Waals surface area (Å²) in [5.74, 6) is -2.76. The standard InChI is InChI=1S/C17H23ClFN3O5.C2H2Cl2O/c1-3-26-14(23)6-5-13(17(25)27-4-2)22-16(24)15-12(19)9-11(10-21-15)20-8-7-18;3-1-2(4)5/h9-10,13,20H,3-8H2,1-2H3,(H,22,24);1H2. The Morgan fingerprint density at radius 3 is 2.28 bits per heavy atom. The normalized spacial score (nSPS) is 10.8. The fourth-order valence-corrected chi connectivity index (χ4v) is 2.20. The highest BCUT2D eigenvalue weighted by atomic mass is 35.5. The van der Waals surface area contributed by atoms with Crippen LogP contribution in [0.15, 0.2) is 12.3 Å². The number of nitrogens with one attached hydrogen (secondary N) is 2. The highest BCUT2D eigenvalue weighted by Crippen LogP contribution is 2.12. The smallest absolute Gasteiger partial charge is 0.328 e. The molecule has 180 valence electrons. The Balaban J connectivity index is 0.00000172. The van der Waals surface area contributed by atoms with Gasteiger partial charge in [0.25, 0.3) is 5.91 Å². The molecule has 0 saturated heterocycles. The molecule has 0 aliphatic heterocycles. The van der Waals surface area contributed by atoms with Crippen molar-refractivity contribution in [2.45, 2.75) is 32.7 Å². The first-order chi connectivity index (χ1) is 15.2. The van der Waals surface area contributed by atoms with Gasteiger partial charge < -0.3 is 20.1 Å². The number of pyridine rings is 1. The van der Waals surface area contributed by atoms with E-state index in [1.54, 1.807) is 13.8 Å². The molecule has 1 amide bonds. The van der Waals surface area contributed by atoms with E-state index >= 15 is 0 Å². The molecule has 1 atom stereocenters. The number of carbonyl (C=O) groups is 4. The zero-order valence-electron chi connectivity index (χ0n) is 17.6. The van der Waals surface area contributed by atoms with Crippen molar-refractivity contribution in [2.75, 3.05) is 36.8 Å². The van der Waals surface area contributed by atoms with Gasteiger partial charge in [0.15, 0.2) is 11.5 Å². The Labute approximate surface area is 200 Å². The molecule has 0 fully saturated rings. The molecular weight excluding hydrogens is 492 g/mol. The first kappa shape index (κ1) is 29.8. The Morgan fingerprint density at radius 1 is 1.16 bits per heavy atom. The van der Waals surface area contributed by atoms with Gasteiger partial charge in [-0.05, 0) is 31.9 Å². The van der Waals surface area contributed by atoms with Crippen LogP contribution in [0, 0.1) is 5.82 Å². The van der Waals surface area contributed by atoms with Crippen LogP contribution >= 0.6 is 34.8 Å². The highest BCUT2D eigenvalue weighted by molar-refractivity contribution is 6.67. The van der Waals surface area contributed by atoms with Gasteiger partial charge in [0.1, 0.15) is 6.04 Å². The number of nitrogens with zero attached hydrogens (tertiary/aromatic N) is 1. The summed E-state index contributed by atoms with van der Waals surface area (Å²) in [6.45, 7) is 3.97. The molecule has 0 saturated carbocycles. The SMILES string of the molecule is CCOC(=O)CCC(NC(=O)c1ncc(NCCCl)cc1F)C(=O)OCC.O=C(Cl)CCl. The first-order valence-corrected chi connectivity index (χ1v) is 11.0. The average Bonchev–Trinajstić information content (AvgIpc) is 2.75. The molecule has 0 aliphatic rings. The van der Waals surface area contributed by atoms with Crippen LogP contribution in [0.2, 0.25) is 0 Å². The summed E-state index contributed by atoms with van der Waals surface area (Å²) in [7, 11) is 0. The number of rotatable bonds is 12. The van der Waals surface area contributed by atoms with Crippen LogP contribution < -0.4 is 10.6 Å². The molecule has 1 aromatic heterocycles. The number of alkyl halides is 2. The fraction of sp³-hybridized carbons (Fsp3) is 0.526. The Kier molecular flexibility index (Phi) is 16.2. The van der Waals surface area contributed by atoms with Crippen molar-refractivity contribution in [1.29, 1.82) is 0 Å². The predicted octanol–water partition coefficient (Wildman–Crippen LogP) is 2.87. The van der Waals surface area contributed by atoms with Crippen LogP contribution in [0.1, 0.15) is 37.2 Å². The lowest BCUT2D eigenvalue weighted by Crippen LogP contribution is -2.42. The van der Waals surface area contributed by atoms with Crippen molar-refractivity contribution in [2.24, 2.45) is 0 Å². The van der Waals surface area contributed by atoms with Gasteiger partial charge in [0.2, 0.25) is 5.24 Å². The van der Waals surface area contributed by atoms with Gasteiger partial charge >= 0.3 is 11.9 Å². The van der Waals surface area contributed by atoms with Gasteiger partial charge in [-0.3, -0.25) is 14.4 Å². The molecule has 2 N–H and O–H groups in total. The van der Waals surface area contributed by atoms with E-state index in [1.807, 2.05) is 0 Å². The molecule has 0 spiro atoms. The molecule has 13 heteroatoms. The molecule has 1 rings (SSSR count). The number of amides is 1. The first-order valence-electron chi connectivity index (χ1n) is 9.52. The third-order valence-electron chi connectivity index (χ3n) is 3.40. The van der Waals surface area contributed by atoms with E-state index < -0.39 is 40.6 Å². The summed E-state index contributed by atoms with van der Waals surface area (Å²) >= 11 is 15.1. The maximum atomic E-state index is 14.2. The number of aromatic nitrogens is 1. The van der Waals surface area contributed by atoms with E-state index in [4.69, 9.17) is 44.3 Å². The van der Waals surface area contributed by atoms with Crippen molar-refractivity contribution >= 4 is 63.6 Å². The highest BCUT2D eigenvalue weighted by Gasteiger charge is 2.25.